The summed E-state index contributed by atoms with van der Waals surface area (Å²) in [7, 11) is 0. The topological polar surface area (TPSA) is 76.7 Å². The van der Waals surface area contributed by atoms with E-state index in [1.54, 1.807) is 17.0 Å². The molecule has 1 atom stereocenters. The first-order valence-corrected chi connectivity index (χ1v) is 12.6. The molecular formula is C26H31BrFN3O4. The zero-order valence-electron chi connectivity index (χ0n) is 20.3. The molecule has 0 radical (unpaired) electrons. The first-order valence-electron chi connectivity index (χ1n) is 11.8. The third-order valence-electron chi connectivity index (χ3n) is 5.74. The minimum absolute atomic E-state index is 0.0339. The molecule has 1 fully saturated rings. The molecular weight excluding hydrogens is 517 g/mol. The van der Waals surface area contributed by atoms with E-state index < -0.39 is 11.4 Å². The molecule has 2 heterocycles. The van der Waals surface area contributed by atoms with E-state index in [1.807, 2.05) is 39.0 Å². The zero-order chi connectivity index (χ0) is 25.0. The number of benzene rings is 2. The molecule has 2 aromatic carbocycles. The highest BCUT2D eigenvalue weighted by molar-refractivity contribution is 9.10. The van der Waals surface area contributed by atoms with Crippen molar-refractivity contribution in [1.82, 2.24) is 15.1 Å². The first-order chi connectivity index (χ1) is 16.7. The molecule has 1 N–H and O–H groups in total. The second kappa shape index (κ2) is 11.0. The lowest BCUT2D eigenvalue weighted by Gasteiger charge is -2.28. The number of hydrogen-bond donors (Lipinski definition) is 1. The predicted molar refractivity (Wildman–Crippen MR) is 136 cm³/mol. The lowest BCUT2D eigenvalue weighted by Crippen LogP contribution is -2.41. The van der Waals surface area contributed by atoms with Gasteiger partial charge in [0, 0.05) is 41.1 Å². The molecule has 4 rings (SSSR count). The summed E-state index contributed by atoms with van der Waals surface area (Å²) in [6, 6.07) is 10.6. The summed E-state index contributed by atoms with van der Waals surface area (Å²) < 4.78 is 32.7. The molecule has 0 unspecified atom stereocenters. The number of rotatable bonds is 8. The van der Waals surface area contributed by atoms with E-state index in [2.05, 4.69) is 26.1 Å². The molecule has 188 valence electrons. The molecule has 35 heavy (non-hydrogen) atoms. The lowest BCUT2D eigenvalue weighted by molar-refractivity contribution is 0.00977. The summed E-state index contributed by atoms with van der Waals surface area (Å²) in [5.74, 6) is 0.0688. The third kappa shape index (κ3) is 6.52. The van der Waals surface area contributed by atoms with Crippen molar-refractivity contribution < 1.29 is 23.4 Å². The number of hydrogen-bond acceptors (Lipinski definition) is 5. The maximum atomic E-state index is 14.8. The van der Waals surface area contributed by atoms with Gasteiger partial charge < -0.3 is 19.1 Å². The van der Waals surface area contributed by atoms with E-state index >= 15 is 0 Å². The highest BCUT2D eigenvalue weighted by Gasteiger charge is 2.32. The fourth-order valence-electron chi connectivity index (χ4n) is 4.12. The van der Waals surface area contributed by atoms with Crippen molar-refractivity contribution in [3.8, 4) is 17.0 Å². The maximum absolute atomic E-state index is 14.8. The Bertz CT molecular complexity index is 1180. The summed E-state index contributed by atoms with van der Waals surface area (Å²) in [6.07, 6.45) is 2.22. The van der Waals surface area contributed by atoms with Crippen LogP contribution in [0.3, 0.4) is 0 Å². The number of aromatic amines is 1. The normalized spacial score (nSPS) is 16.1. The second-order valence-electron chi connectivity index (χ2n) is 9.65. The number of nitrogens with zero attached hydrogens (tertiary/aromatic N) is 2. The molecule has 0 saturated carbocycles. The van der Waals surface area contributed by atoms with Crippen LogP contribution >= 0.6 is 15.9 Å². The Morgan fingerprint density at radius 2 is 2.06 bits per heavy atom. The Morgan fingerprint density at radius 1 is 1.23 bits per heavy atom. The molecule has 1 saturated heterocycles. The van der Waals surface area contributed by atoms with E-state index in [1.165, 1.54) is 6.07 Å². The SMILES string of the molecule is CC(C)(C)OC(=O)N1CCC[C@H]1COCCCOc1ccc(-c2n[nH]c3cc(Br)ccc23)c(F)c1. The average molecular weight is 548 g/mol. The van der Waals surface area contributed by atoms with Gasteiger partial charge in [-0.05, 0) is 63.9 Å². The van der Waals surface area contributed by atoms with Gasteiger partial charge in [-0.25, -0.2) is 9.18 Å². The Hall–Kier alpha value is -2.65. The fraction of sp³-hybridized carbons (Fsp3) is 0.462. The number of fused-ring (bicyclic) bond motifs is 1. The van der Waals surface area contributed by atoms with Gasteiger partial charge in [0.1, 0.15) is 22.9 Å². The molecule has 1 aliphatic rings. The van der Waals surface area contributed by atoms with E-state index in [9.17, 15) is 9.18 Å². The number of carbonyl (C=O) groups is 1. The van der Waals surface area contributed by atoms with Crippen molar-refractivity contribution in [3.05, 3.63) is 46.7 Å². The average Bonchev–Trinajstić information content (AvgIpc) is 3.42. The number of halogens is 2. The molecule has 1 aromatic heterocycles. The van der Waals surface area contributed by atoms with Gasteiger partial charge in [0.2, 0.25) is 0 Å². The largest absolute Gasteiger partial charge is 0.493 e. The first kappa shape index (κ1) is 25.4. The van der Waals surface area contributed by atoms with Gasteiger partial charge in [0.05, 0.1) is 24.8 Å². The molecule has 1 amide bonds. The second-order valence-corrected chi connectivity index (χ2v) is 10.6. The monoisotopic (exact) mass is 547 g/mol. The molecule has 9 heteroatoms. The summed E-state index contributed by atoms with van der Waals surface area (Å²) in [6.45, 7) is 7.65. The number of likely N-dealkylation sites (tertiary alicyclic amines) is 1. The van der Waals surface area contributed by atoms with Crippen LogP contribution in [-0.2, 0) is 9.47 Å². The van der Waals surface area contributed by atoms with Crippen LogP contribution in [0, 0.1) is 5.82 Å². The number of ether oxygens (including phenoxy) is 3. The van der Waals surface area contributed by atoms with Crippen LogP contribution in [0.2, 0.25) is 0 Å². The summed E-state index contributed by atoms with van der Waals surface area (Å²) >= 11 is 3.43. The minimum atomic E-state index is -0.510. The van der Waals surface area contributed by atoms with E-state index in [-0.39, 0.29) is 12.1 Å². The van der Waals surface area contributed by atoms with Crippen LogP contribution in [0.15, 0.2) is 40.9 Å². The van der Waals surface area contributed by atoms with Gasteiger partial charge >= 0.3 is 6.09 Å². The van der Waals surface area contributed by atoms with Crippen molar-refractivity contribution in [1.29, 1.82) is 0 Å². The van der Waals surface area contributed by atoms with Gasteiger partial charge in [-0.15, -0.1) is 0 Å². The lowest BCUT2D eigenvalue weighted by atomic mass is 10.1. The third-order valence-corrected chi connectivity index (χ3v) is 6.23. The predicted octanol–water partition coefficient (Wildman–Crippen LogP) is 6.32. The highest BCUT2D eigenvalue weighted by atomic mass is 79.9. The van der Waals surface area contributed by atoms with Crippen molar-refractivity contribution in [2.75, 3.05) is 26.4 Å². The number of aromatic nitrogens is 2. The molecule has 7 nitrogen and oxygen atoms in total. The summed E-state index contributed by atoms with van der Waals surface area (Å²) in [4.78, 5) is 14.1. The Kier molecular flexibility index (Phi) is 7.96. The Morgan fingerprint density at radius 3 is 2.83 bits per heavy atom. The fourth-order valence-corrected chi connectivity index (χ4v) is 4.48. The number of carbonyl (C=O) groups excluding carboxylic acids is 1. The minimum Gasteiger partial charge on any atom is -0.493 e. The molecule has 3 aromatic rings. The van der Waals surface area contributed by atoms with Gasteiger partial charge in [0.25, 0.3) is 0 Å². The van der Waals surface area contributed by atoms with Gasteiger partial charge in [-0.3, -0.25) is 5.10 Å². The van der Waals surface area contributed by atoms with Crippen LogP contribution in [0.5, 0.6) is 5.75 Å². The summed E-state index contributed by atoms with van der Waals surface area (Å²) in [5, 5.41) is 8.08. The maximum Gasteiger partial charge on any atom is 0.410 e. The summed E-state index contributed by atoms with van der Waals surface area (Å²) in [5.41, 5.74) is 1.31. The number of amides is 1. The molecule has 0 aliphatic carbocycles. The van der Waals surface area contributed by atoms with E-state index in [0.717, 1.165) is 28.2 Å². The number of nitrogens with one attached hydrogen (secondary N) is 1. The van der Waals surface area contributed by atoms with Crippen LogP contribution in [0.1, 0.15) is 40.0 Å². The van der Waals surface area contributed by atoms with Gasteiger partial charge in [-0.1, -0.05) is 15.9 Å². The van der Waals surface area contributed by atoms with Crippen molar-refractivity contribution in [2.45, 2.75) is 51.7 Å². The molecule has 0 spiro atoms. The number of H-pyrrole nitrogens is 1. The van der Waals surface area contributed by atoms with E-state index in [4.69, 9.17) is 14.2 Å². The van der Waals surface area contributed by atoms with Gasteiger partial charge in [-0.2, -0.15) is 5.10 Å². The Balaban J connectivity index is 1.22. The highest BCUT2D eigenvalue weighted by Crippen LogP contribution is 2.31. The quantitative estimate of drug-likeness (QED) is 0.334. The van der Waals surface area contributed by atoms with Crippen LogP contribution < -0.4 is 4.74 Å². The Labute approximate surface area is 213 Å². The van der Waals surface area contributed by atoms with Crippen molar-refractivity contribution in [2.24, 2.45) is 0 Å². The zero-order valence-corrected chi connectivity index (χ0v) is 21.9. The smallest absolute Gasteiger partial charge is 0.410 e. The van der Waals surface area contributed by atoms with Crippen LogP contribution in [0.4, 0.5) is 9.18 Å². The van der Waals surface area contributed by atoms with E-state index in [0.29, 0.717) is 49.8 Å². The van der Waals surface area contributed by atoms with Crippen LogP contribution in [0.25, 0.3) is 22.2 Å². The molecule has 0 bridgehead atoms. The van der Waals surface area contributed by atoms with Crippen molar-refractivity contribution in [3.63, 3.8) is 0 Å². The van der Waals surface area contributed by atoms with Gasteiger partial charge in [0.15, 0.2) is 0 Å². The molecule has 1 aliphatic heterocycles. The van der Waals surface area contributed by atoms with Crippen LogP contribution in [-0.4, -0.2) is 59.2 Å². The van der Waals surface area contributed by atoms with Crippen molar-refractivity contribution >= 4 is 32.9 Å². The standard InChI is InChI=1S/C26H31BrFN3O4/c1-26(2,3)35-25(32)31-11-4-6-18(31)16-33-12-5-13-34-19-8-10-20(22(28)15-19)24-21-9-7-17(27)14-23(21)29-30-24/h7-10,14-15,18H,4-6,11-13,16H2,1-3H3,(H,29,30)/t18-/m0/s1.